The van der Waals surface area contributed by atoms with Gasteiger partial charge in [0.05, 0.1) is 10.4 Å². The van der Waals surface area contributed by atoms with E-state index < -0.39 is 12.6 Å². The second-order valence-electron chi connectivity index (χ2n) is 5.90. The molecule has 3 rings (SSSR count). The number of ether oxygens (including phenoxy) is 1. The Kier molecular flexibility index (Phi) is 6.34. The van der Waals surface area contributed by atoms with E-state index in [1.165, 1.54) is 22.3 Å². The van der Waals surface area contributed by atoms with Crippen molar-refractivity contribution in [1.82, 2.24) is 0 Å². The van der Waals surface area contributed by atoms with E-state index in [9.17, 15) is 14.4 Å². The molecule has 142 valence electrons. The van der Waals surface area contributed by atoms with E-state index in [0.29, 0.717) is 11.4 Å². The van der Waals surface area contributed by atoms with Crippen molar-refractivity contribution in [3.05, 3.63) is 88.1 Å². The number of likely N-dealkylation sites (N-methyl/N-ethyl adjacent to an activating group) is 1. The summed E-state index contributed by atoms with van der Waals surface area (Å²) in [5, 5.41) is 1.80. The Labute approximate surface area is 167 Å². The Hall–Kier alpha value is -3.25. The average molecular weight is 393 g/mol. The molecule has 0 N–H and O–H groups in total. The molecular weight excluding hydrogens is 374 g/mol. The highest BCUT2D eigenvalue weighted by Crippen LogP contribution is 2.19. The lowest BCUT2D eigenvalue weighted by Crippen LogP contribution is -2.34. The summed E-state index contributed by atoms with van der Waals surface area (Å²) in [5.41, 5.74) is 1.15. The number of anilines is 1. The summed E-state index contributed by atoms with van der Waals surface area (Å²) in [6.07, 6.45) is 0. The zero-order valence-electron chi connectivity index (χ0n) is 15.3. The largest absolute Gasteiger partial charge is 0.452 e. The minimum Gasteiger partial charge on any atom is -0.452 e. The van der Waals surface area contributed by atoms with E-state index in [4.69, 9.17) is 4.74 Å². The zero-order chi connectivity index (χ0) is 19.9. The van der Waals surface area contributed by atoms with Crippen molar-refractivity contribution in [2.75, 3.05) is 18.1 Å². The van der Waals surface area contributed by atoms with E-state index in [-0.39, 0.29) is 22.8 Å². The molecule has 0 fully saturated rings. The van der Waals surface area contributed by atoms with Gasteiger partial charge in [0.2, 0.25) is 5.78 Å². The number of ketones is 1. The lowest BCUT2D eigenvalue weighted by molar-refractivity contribution is -0.121. The van der Waals surface area contributed by atoms with Crippen molar-refractivity contribution >= 4 is 34.7 Å². The molecule has 0 radical (unpaired) electrons. The fourth-order valence-corrected chi connectivity index (χ4v) is 3.47. The smallest absolute Gasteiger partial charge is 0.339 e. The van der Waals surface area contributed by atoms with Crippen LogP contribution in [0.15, 0.2) is 72.1 Å². The van der Waals surface area contributed by atoms with E-state index in [1.807, 2.05) is 37.3 Å². The topological polar surface area (TPSA) is 63.7 Å². The van der Waals surface area contributed by atoms with Crippen LogP contribution in [-0.4, -0.2) is 30.8 Å². The van der Waals surface area contributed by atoms with Gasteiger partial charge in [0.25, 0.3) is 5.91 Å². The minimum absolute atomic E-state index is 0.149. The molecule has 1 amide bonds. The highest BCUT2D eigenvalue weighted by Gasteiger charge is 2.21. The van der Waals surface area contributed by atoms with Crippen LogP contribution in [0.3, 0.4) is 0 Å². The third-order valence-corrected chi connectivity index (χ3v) is 5.02. The van der Waals surface area contributed by atoms with Crippen LogP contribution in [-0.2, 0) is 9.53 Å². The lowest BCUT2D eigenvalue weighted by Gasteiger charge is -2.20. The van der Waals surface area contributed by atoms with Crippen LogP contribution >= 0.6 is 11.3 Å². The molecule has 1 heterocycles. The van der Waals surface area contributed by atoms with Crippen molar-refractivity contribution in [3.63, 3.8) is 0 Å². The van der Waals surface area contributed by atoms with E-state index >= 15 is 0 Å². The number of benzene rings is 2. The Morgan fingerprint density at radius 3 is 2.21 bits per heavy atom. The monoisotopic (exact) mass is 393 g/mol. The van der Waals surface area contributed by atoms with Crippen molar-refractivity contribution < 1.29 is 19.1 Å². The van der Waals surface area contributed by atoms with Gasteiger partial charge in [-0.15, -0.1) is 11.3 Å². The number of hydrogen-bond acceptors (Lipinski definition) is 5. The average Bonchev–Trinajstić information content (AvgIpc) is 3.28. The van der Waals surface area contributed by atoms with Gasteiger partial charge < -0.3 is 9.64 Å². The van der Waals surface area contributed by atoms with Crippen LogP contribution < -0.4 is 4.90 Å². The van der Waals surface area contributed by atoms with Gasteiger partial charge in [-0.2, -0.15) is 0 Å². The van der Waals surface area contributed by atoms with Crippen LogP contribution in [0.25, 0.3) is 0 Å². The second-order valence-corrected chi connectivity index (χ2v) is 6.85. The summed E-state index contributed by atoms with van der Waals surface area (Å²) in [4.78, 5) is 39.8. The summed E-state index contributed by atoms with van der Waals surface area (Å²) < 4.78 is 5.22. The number of hydrogen-bond donors (Lipinski definition) is 0. The number of carbonyl (C=O) groups excluding carboxylic acids is 3. The summed E-state index contributed by atoms with van der Waals surface area (Å²) in [6.45, 7) is 1.90. The number of esters is 1. The maximum absolute atomic E-state index is 12.6. The predicted molar refractivity (Wildman–Crippen MR) is 109 cm³/mol. The summed E-state index contributed by atoms with van der Waals surface area (Å²) in [6, 6.07) is 19.1. The molecule has 0 aliphatic carbocycles. The van der Waals surface area contributed by atoms with Crippen molar-refractivity contribution in [2.24, 2.45) is 0 Å². The Bertz CT molecular complexity index is 967. The van der Waals surface area contributed by atoms with Gasteiger partial charge in [0.15, 0.2) is 6.61 Å². The first-order valence-corrected chi connectivity index (χ1v) is 9.69. The van der Waals surface area contributed by atoms with Crippen LogP contribution in [0.4, 0.5) is 5.69 Å². The first-order valence-electron chi connectivity index (χ1n) is 8.81. The quantitative estimate of drug-likeness (QED) is 0.446. The number of rotatable bonds is 7. The Morgan fingerprint density at radius 1 is 0.893 bits per heavy atom. The molecule has 0 aliphatic rings. The molecular formula is C22H19NO4S. The maximum atomic E-state index is 12.6. The molecule has 6 heteroatoms. The molecule has 0 atom stereocenters. The van der Waals surface area contributed by atoms with Crippen molar-refractivity contribution in [3.8, 4) is 0 Å². The van der Waals surface area contributed by atoms with Gasteiger partial charge in [-0.3, -0.25) is 9.59 Å². The Morgan fingerprint density at radius 2 is 1.57 bits per heavy atom. The number of carbonyl (C=O) groups is 3. The second kappa shape index (κ2) is 9.10. The summed E-state index contributed by atoms with van der Waals surface area (Å²) >= 11 is 1.31. The first kappa shape index (κ1) is 19.5. The van der Waals surface area contributed by atoms with Gasteiger partial charge in [-0.05, 0) is 36.6 Å². The first-order chi connectivity index (χ1) is 13.6. The van der Waals surface area contributed by atoms with Crippen molar-refractivity contribution in [1.29, 1.82) is 0 Å². The van der Waals surface area contributed by atoms with Gasteiger partial charge in [0.1, 0.15) is 0 Å². The normalized spacial score (nSPS) is 10.3. The molecule has 1 aromatic heterocycles. The highest BCUT2D eigenvalue weighted by molar-refractivity contribution is 7.12. The molecule has 0 aliphatic heterocycles. The van der Waals surface area contributed by atoms with Gasteiger partial charge in [-0.25, -0.2) is 4.79 Å². The number of nitrogens with zero attached hydrogens (tertiary/aromatic N) is 1. The third-order valence-electron chi connectivity index (χ3n) is 4.15. The SMILES string of the molecule is CCN(C(=O)COC(=O)c1ccccc1C(=O)c1cccs1)c1ccccc1. The summed E-state index contributed by atoms with van der Waals surface area (Å²) in [7, 11) is 0. The van der Waals surface area contributed by atoms with Gasteiger partial charge in [-0.1, -0.05) is 42.5 Å². The number of thiophene rings is 1. The molecule has 3 aromatic rings. The maximum Gasteiger partial charge on any atom is 0.339 e. The van der Waals surface area contributed by atoms with Crippen LogP contribution in [0.2, 0.25) is 0 Å². The highest BCUT2D eigenvalue weighted by atomic mass is 32.1. The number of para-hydroxylation sites is 1. The van der Waals surface area contributed by atoms with E-state index in [1.54, 1.807) is 35.7 Å². The molecule has 0 spiro atoms. The fourth-order valence-electron chi connectivity index (χ4n) is 2.79. The molecule has 5 nitrogen and oxygen atoms in total. The lowest BCUT2D eigenvalue weighted by atomic mass is 10.0. The van der Waals surface area contributed by atoms with E-state index in [0.717, 1.165) is 5.69 Å². The van der Waals surface area contributed by atoms with Crippen LogP contribution in [0.5, 0.6) is 0 Å². The van der Waals surface area contributed by atoms with Crippen LogP contribution in [0.1, 0.15) is 32.5 Å². The van der Waals surface area contributed by atoms with E-state index in [2.05, 4.69) is 0 Å². The summed E-state index contributed by atoms with van der Waals surface area (Å²) in [5.74, 6) is -1.27. The van der Waals surface area contributed by atoms with Gasteiger partial charge >= 0.3 is 5.97 Å². The zero-order valence-corrected chi connectivity index (χ0v) is 16.1. The third kappa shape index (κ3) is 4.35. The van der Waals surface area contributed by atoms with Crippen molar-refractivity contribution in [2.45, 2.75) is 6.92 Å². The van der Waals surface area contributed by atoms with Crippen LogP contribution in [0, 0.1) is 0 Å². The van der Waals surface area contributed by atoms with Gasteiger partial charge in [0, 0.05) is 17.8 Å². The molecule has 0 saturated heterocycles. The predicted octanol–water partition coefficient (Wildman–Crippen LogP) is 4.19. The Balaban J connectivity index is 1.72. The molecule has 28 heavy (non-hydrogen) atoms. The number of amides is 1. The molecule has 0 saturated carbocycles. The standard InChI is InChI=1S/C22H19NO4S/c1-2-23(16-9-4-3-5-10-16)20(24)15-27-22(26)18-12-7-6-11-17(18)21(25)19-13-8-14-28-19/h3-14H,2,15H2,1H3. The fraction of sp³-hybridized carbons (Fsp3) is 0.136. The molecule has 2 aromatic carbocycles. The minimum atomic E-state index is -0.696. The molecule has 0 bridgehead atoms. The molecule has 0 unspecified atom stereocenters.